The Morgan fingerprint density at radius 2 is 1.28 bits per heavy atom. The third-order valence-electron chi connectivity index (χ3n) is 8.44. The SMILES string of the molecule is O=c1c2cc(O)c(O)cc2oc2c(-c3cc(O)c4oc5cc(O)cc(O)c5c(=O)c4c3O)c(O)c(O[C@@H]3O[C@H](CO)[C@@H](O)[C@H](O)[C@H]3O)c(O)c12. The third-order valence-corrected chi connectivity index (χ3v) is 8.44. The zero-order valence-corrected chi connectivity index (χ0v) is 24.8. The number of aliphatic hydroxyl groups is 4. The zero-order chi connectivity index (χ0) is 36.1. The van der Waals surface area contributed by atoms with E-state index in [1.54, 1.807) is 0 Å². The second-order valence-electron chi connectivity index (χ2n) is 11.5. The Morgan fingerprint density at radius 1 is 0.620 bits per heavy atom. The summed E-state index contributed by atoms with van der Waals surface area (Å²) < 4.78 is 22.1. The van der Waals surface area contributed by atoms with Crippen LogP contribution < -0.4 is 15.6 Å². The maximum absolute atomic E-state index is 13.8. The normalized spacial score (nSPS) is 21.0. The molecule has 4 aromatic carbocycles. The highest BCUT2D eigenvalue weighted by Gasteiger charge is 2.45. The van der Waals surface area contributed by atoms with Crippen molar-refractivity contribution in [3.8, 4) is 62.9 Å². The summed E-state index contributed by atoms with van der Waals surface area (Å²) in [6.07, 6.45) is -9.51. The van der Waals surface area contributed by atoms with Gasteiger partial charge in [0.2, 0.25) is 22.9 Å². The van der Waals surface area contributed by atoms with Gasteiger partial charge in [-0.15, -0.1) is 0 Å². The summed E-state index contributed by atoms with van der Waals surface area (Å²) in [7, 11) is 0. The van der Waals surface area contributed by atoms with Crippen molar-refractivity contribution < 1.29 is 79.6 Å². The Labute approximate surface area is 274 Å². The maximum Gasteiger partial charge on any atom is 0.229 e. The van der Waals surface area contributed by atoms with Gasteiger partial charge in [0.05, 0.1) is 17.6 Å². The van der Waals surface area contributed by atoms with Crippen molar-refractivity contribution in [2.24, 2.45) is 0 Å². The lowest BCUT2D eigenvalue weighted by Gasteiger charge is -2.39. The van der Waals surface area contributed by atoms with Gasteiger partial charge < -0.3 is 79.6 Å². The van der Waals surface area contributed by atoms with Crippen LogP contribution >= 0.6 is 0 Å². The van der Waals surface area contributed by atoms with E-state index in [1.165, 1.54) is 0 Å². The van der Waals surface area contributed by atoms with Gasteiger partial charge in [0.1, 0.15) is 69.0 Å². The van der Waals surface area contributed by atoms with Crippen LogP contribution in [-0.2, 0) is 4.74 Å². The van der Waals surface area contributed by atoms with Crippen molar-refractivity contribution in [2.45, 2.75) is 30.7 Å². The highest BCUT2D eigenvalue weighted by atomic mass is 16.7. The van der Waals surface area contributed by atoms with Crippen LogP contribution in [0.4, 0.5) is 0 Å². The Kier molecular flexibility index (Phi) is 7.24. The molecule has 5 atom stereocenters. The van der Waals surface area contributed by atoms with Crippen molar-refractivity contribution >= 4 is 43.9 Å². The summed E-state index contributed by atoms with van der Waals surface area (Å²) in [5.74, 6) is -8.21. The summed E-state index contributed by atoms with van der Waals surface area (Å²) in [4.78, 5) is 27.5. The lowest BCUT2D eigenvalue weighted by Crippen LogP contribution is -2.60. The van der Waals surface area contributed by atoms with Crippen LogP contribution in [0.1, 0.15) is 0 Å². The first-order valence-electron chi connectivity index (χ1n) is 14.4. The molecule has 6 aromatic rings. The monoisotopic (exact) mass is 696 g/mol. The van der Waals surface area contributed by atoms with Gasteiger partial charge in [-0.3, -0.25) is 9.59 Å². The van der Waals surface area contributed by atoms with Crippen molar-refractivity contribution in [1.82, 2.24) is 0 Å². The van der Waals surface area contributed by atoms with Gasteiger partial charge in [0.25, 0.3) is 0 Å². The van der Waals surface area contributed by atoms with E-state index in [4.69, 9.17) is 18.3 Å². The first kappa shape index (κ1) is 32.4. The van der Waals surface area contributed by atoms with Crippen LogP contribution in [0.3, 0.4) is 0 Å². The van der Waals surface area contributed by atoms with Crippen molar-refractivity contribution in [1.29, 1.82) is 0 Å². The molecular formula is C32H24O18. The smallest absolute Gasteiger partial charge is 0.229 e. The average Bonchev–Trinajstić information content (AvgIpc) is 3.05. The van der Waals surface area contributed by atoms with Gasteiger partial charge in [-0.05, 0) is 12.1 Å². The number of phenols is 8. The molecule has 7 rings (SSSR count). The van der Waals surface area contributed by atoms with E-state index in [9.17, 15) is 70.9 Å². The summed E-state index contributed by atoms with van der Waals surface area (Å²) >= 11 is 0. The summed E-state index contributed by atoms with van der Waals surface area (Å²) in [5, 5.41) is 124. The number of hydrogen-bond donors (Lipinski definition) is 12. The molecule has 1 saturated heterocycles. The Balaban J connectivity index is 1.59. The molecular weight excluding hydrogens is 672 g/mol. The van der Waals surface area contributed by atoms with E-state index in [0.29, 0.717) is 0 Å². The quantitative estimate of drug-likeness (QED) is 0.0685. The average molecular weight is 697 g/mol. The van der Waals surface area contributed by atoms with E-state index in [-0.39, 0.29) is 0 Å². The molecule has 0 bridgehead atoms. The van der Waals surface area contributed by atoms with Crippen molar-refractivity contribution in [2.75, 3.05) is 6.61 Å². The van der Waals surface area contributed by atoms with E-state index >= 15 is 0 Å². The first-order valence-corrected chi connectivity index (χ1v) is 14.4. The van der Waals surface area contributed by atoms with Crippen LogP contribution in [0, 0.1) is 0 Å². The standard InChI is InChI=1S/C32H24O18/c33-6-16-23(41)27(45)28(46)32(49-16)50-31-25(43)17(30-20(26(31)44)21(39)8-3-10(35)11(36)5-14(8)47-30)9-4-13(38)29-19(22(9)40)24(42)18-12(37)1-7(34)2-15(18)48-29/h1-5,16,23,27-28,32-38,40-41,43-46H,6H2/t16-,23-,27+,28-,32+/m1/s1. The van der Waals surface area contributed by atoms with Crippen molar-refractivity contribution in [3.05, 3.63) is 50.8 Å². The zero-order valence-electron chi connectivity index (χ0n) is 24.8. The molecule has 18 heteroatoms. The molecule has 0 saturated carbocycles. The van der Waals surface area contributed by atoms with Crippen LogP contribution in [-0.4, -0.2) is 98.6 Å². The molecule has 12 N–H and O–H groups in total. The van der Waals surface area contributed by atoms with Gasteiger partial charge in [0, 0.05) is 23.8 Å². The third kappa shape index (κ3) is 4.55. The van der Waals surface area contributed by atoms with E-state index in [0.717, 1.165) is 30.3 Å². The predicted molar refractivity (Wildman–Crippen MR) is 167 cm³/mol. The number of aromatic hydroxyl groups is 8. The molecule has 260 valence electrons. The van der Waals surface area contributed by atoms with Crippen LogP contribution in [0.25, 0.3) is 55.0 Å². The van der Waals surface area contributed by atoms with Gasteiger partial charge in [0.15, 0.2) is 39.9 Å². The molecule has 1 aliphatic rings. The second kappa shape index (κ2) is 11.2. The molecule has 0 unspecified atom stereocenters. The van der Waals surface area contributed by atoms with Crippen molar-refractivity contribution in [3.63, 3.8) is 0 Å². The lowest BCUT2D eigenvalue weighted by atomic mass is 9.95. The number of benzene rings is 4. The van der Waals surface area contributed by atoms with Gasteiger partial charge in [-0.25, -0.2) is 0 Å². The van der Waals surface area contributed by atoms with E-state index in [2.05, 4.69) is 0 Å². The van der Waals surface area contributed by atoms with Crippen LogP contribution in [0.5, 0.6) is 51.7 Å². The van der Waals surface area contributed by atoms with E-state index < -0.39 is 155 Å². The highest BCUT2D eigenvalue weighted by molar-refractivity contribution is 6.10. The minimum Gasteiger partial charge on any atom is -0.508 e. The number of hydrogen-bond acceptors (Lipinski definition) is 18. The Bertz CT molecular complexity index is 2530. The van der Waals surface area contributed by atoms with Gasteiger partial charge in [-0.2, -0.15) is 0 Å². The Morgan fingerprint density at radius 3 is 1.98 bits per heavy atom. The molecule has 0 radical (unpaired) electrons. The minimum atomic E-state index is -2.10. The molecule has 0 spiro atoms. The molecule has 18 nitrogen and oxygen atoms in total. The van der Waals surface area contributed by atoms with Gasteiger partial charge >= 0.3 is 0 Å². The molecule has 3 heterocycles. The number of fused-ring (bicyclic) bond motifs is 4. The molecule has 0 aliphatic carbocycles. The fourth-order valence-corrected chi connectivity index (χ4v) is 5.97. The number of rotatable bonds is 4. The highest BCUT2D eigenvalue weighted by Crippen LogP contribution is 2.54. The second-order valence-corrected chi connectivity index (χ2v) is 11.5. The summed E-state index contributed by atoms with van der Waals surface area (Å²) in [5.41, 5.74) is -5.96. The molecule has 0 amide bonds. The largest absolute Gasteiger partial charge is 0.508 e. The predicted octanol–water partition coefficient (Wildman–Crippen LogP) is 0.696. The van der Waals surface area contributed by atoms with Gasteiger partial charge in [-0.1, -0.05) is 0 Å². The molecule has 1 aliphatic heterocycles. The summed E-state index contributed by atoms with van der Waals surface area (Å²) in [6.45, 7) is -0.895. The van der Waals surface area contributed by atoms with E-state index in [1.807, 2.05) is 0 Å². The molecule has 1 fully saturated rings. The Hall–Kier alpha value is -6.18. The van der Waals surface area contributed by atoms with Crippen LogP contribution in [0.2, 0.25) is 0 Å². The maximum atomic E-state index is 13.8. The fourth-order valence-electron chi connectivity index (χ4n) is 5.97. The molecule has 2 aromatic heterocycles. The topological polar surface area (TPSA) is 322 Å². The molecule has 50 heavy (non-hydrogen) atoms. The summed E-state index contributed by atoms with van der Waals surface area (Å²) in [6, 6.07) is 4.12. The number of phenolic OH excluding ortho intramolecular Hbond substituents is 8. The fraction of sp³-hybridized carbons (Fsp3) is 0.188. The van der Waals surface area contributed by atoms with Crippen LogP contribution in [0.15, 0.2) is 48.8 Å². The number of ether oxygens (including phenoxy) is 2. The minimum absolute atomic E-state index is 0.392. The first-order chi connectivity index (χ1) is 23.6. The number of aliphatic hydroxyl groups excluding tert-OH is 4. The lowest BCUT2D eigenvalue weighted by molar-refractivity contribution is -0.277.